The van der Waals surface area contributed by atoms with E-state index in [2.05, 4.69) is 10.4 Å². The molecule has 1 atom stereocenters. The smallest absolute Gasteiger partial charge is 0.341 e. The first-order valence-corrected chi connectivity index (χ1v) is 12.2. The van der Waals surface area contributed by atoms with Gasteiger partial charge >= 0.3 is 5.76 Å². The first-order chi connectivity index (χ1) is 16.0. The molecule has 0 spiro atoms. The summed E-state index contributed by atoms with van der Waals surface area (Å²) in [5.74, 6) is -4.10. The molecular formula is C21H26F2N6O4S. The van der Waals surface area contributed by atoms with Gasteiger partial charge in [-0.05, 0) is 43.5 Å². The van der Waals surface area contributed by atoms with Gasteiger partial charge in [0.1, 0.15) is 11.8 Å². The van der Waals surface area contributed by atoms with Gasteiger partial charge in [-0.25, -0.2) is 8.42 Å². The van der Waals surface area contributed by atoms with Gasteiger partial charge in [0.05, 0.1) is 22.9 Å². The molecule has 2 aromatic rings. The number of aliphatic hydroxyl groups excluding tert-OH is 1. The van der Waals surface area contributed by atoms with Crippen molar-refractivity contribution in [2.24, 2.45) is 5.73 Å². The molecule has 1 saturated heterocycles. The number of carbonyl (C=O) groups excluding carboxylic acids is 1. The highest BCUT2D eigenvalue weighted by Crippen LogP contribution is 2.35. The third-order valence-electron chi connectivity index (χ3n) is 6.23. The summed E-state index contributed by atoms with van der Waals surface area (Å²) in [7, 11) is -4.72. The van der Waals surface area contributed by atoms with Gasteiger partial charge in [0.15, 0.2) is 5.82 Å². The number of hydrogen-bond donors (Lipinski definition) is 3. The molecule has 1 aliphatic rings. The highest BCUT2D eigenvalue weighted by molar-refractivity contribution is 7.91. The number of carbonyl (C=O) groups is 1. The van der Waals surface area contributed by atoms with Gasteiger partial charge < -0.3 is 16.2 Å². The highest BCUT2D eigenvalue weighted by Gasteiger charge is 2.38. The number of aliphatic hydroxyl groups is 1. The number of aromatic nitrogens is 2. The number of rotatable bonds is 9. The summed E-state index contributed by atoms with van der Waals surface area (Å²) >= 11 is 0. The Morgan fingerprint density at radius 3 is 2.44 bits per heavy atom. The molecule has 184 valence electrons. The van der Waals surface area contributed by atoms with Crippen LogP contribution in [-0.2, 0) is 15.4 Å². The van der Waals surface area contributed by atoms with Gasteiger partial charge in [0.2, 0.25) is 9.84 Å². The number of benzene rings is 1. The maximum absolute atomic E-state index is 12.7. The van der Waals surface area contributed by atoms with Crippen LogP contribution in [0.4, 0.5) is 20.3 Å². The number of nitriles is 1. The van der Waals surface area contributed by atoms with Crippen LogP contribution >= 0.6 is 0 Å². The summed E-state index contributed by atoms with van der Waals surface area (Å²) in [5.41, 5.74) is 5.55. The minimum Gasteiger partial charge on any atom is -0.377 e. The topological polar surface area (TPSA) is 154 Å². The minimum absolute atomic E-state index is 0.0121. The Hall–Kier alpha value is -3.08. The molecule has 0 radical (unpaired) electrons. The molecular weight excluding hydrogens is 470 g/mol. The number of sulfone groups is 1. The van der Waals surface area contributed by atoms with Crippen LogP contribution in [0.3, 0.4) is 0 Å². The second-order valence-electron chi connectivity index (χ2n) is 8.11. The quantitative estimate of drug-likeness (QED) is 0.477. The zero-order chi connectivity index (χ0) is 25.1. The van der Waals surface area contributed by atoms with Gasteiger partial charge in [0.25, 0.3) is 5.91 Å². The molecule has 34 heavy (non-hydrogen) atoms. The molecule has 13 heteroatoms. The second-order valence-corrected chi connectivity index (χ2v) is 10.0. The number of likely N-dealkylation sites (tertiary alicyclic amines) is 1. The Morgan fingerprint density at radius 1 is 1.32 bits per heavy atom. The number of alkyl halides is 2. The number of nitrogens with zero attached hydrogens (tertiary/aromatic N) is 4. The standard InChI is InChI=1S/C21H26F2N6O4S/c1-2-21(8-11-28(12-9-21)17(30)7-10-24)29-13-16(18(25)31)19(27-29)26-14-3-5-15(6-4-14)34(32,33)20(22)23/h3-6,13,17,20,30H,2,7-9,11-12H2,1H3,(H2,25,31)(H,26,27). The van der Waals surface area contributed by atoms with Crippen molar-refractivity contribution >= 4 is 27.2 Å². The van der Waals surface area contributed by atoms with Crippen LogP contribution in [0.2, 0.25) is 0 Å². The summed E-state index contributed by atoms with van der Waals surface area (Å²) in [6.45, 7) is 3.05. The molecule has 1 aromatic carbocycles. The molecule has 1 unspecified atom stereocenters. The van der Waals surface area contributed by atoms with E-state index in [9.17, 15) is 27.1 Å². The van der Waals surface area contributed by atoms with Gasteiger partial charge in [-0.2, -0.15) is 19.1 Å². The number of nitrogens with one attached hydrogen (secondary N) is 1. The SMILES string of the molecule is CCC1(n2cc(C(N)=O)c(Nc3ccc(S(=O)(=O)C(F)F)cc3)n2)CCN(C(O)CC#N)CC1. The number of hydrogen-bond acceptors (Lipinski definition) is 8. The first kappa shape index (κ1) is 25.5. The average molecular weight is 497 g/mol. The van der Waals surface area contributed by atoms with E-state index in [-0.39, 0.29) is 17.8 Å². The summed E-state index contributed by atoms with van der Waals surface area (Å²) in [6, 6.07) is 6.63. The zero-order valence-corrected chi connectivity index (χ0v) is 19.3. The van der Waals surface area contributed by atoms with E-state index in [1.807, 2.05) is 17.9 Å². The van der Waals surface area contributed by atoms with E-state index >= 15 is 0 Å². The number of nitrogens with two attached hydrogens (primary N) is 1. The number of primary amides is 1. The van der Waals surface area contributed by atoms with Crippen molar-refractivity contribution in [1.82, 2.24) is 14.7 Å². The lowest BCUT2D eigenvalue weighted by Gasteiger charge is -2.42. The molecule has 2 heterocycles. The Morgan fingerprint density at radius 2 is 1.94 bits per heavy atom. The molecule has 0 saturated carbocycles. The zero-order valence-electron chi connectivity index (χ0n) is 18.5. The molecule has 0 aliphatic carbocycles. The molecule has 10 nitrogen and oxygen atoms in total. The lowest BCUT2D eigenvalue weighted by atomic mass is 9.85. The summed E-state index contributed by atoms with van der Waals surface area (Å²) in [4.78, 5) is 13.4. The molecule has 1 amide bonds. The number of piperidine rings is 1. The van der Waals surface area contributed by atoms with Crippen molar-refractivity contribution in [3.63, 3.8) is 0 Å². The van der Waals surface area contributed by atoms with Crippen LogP contribution in [0.5, 0.6) is 0 Å². The van der Waals surface area contributed by atoms with Gasteiger partial charge in [-0.1, -0.05) is 6.92 Å². The predicted molar refractivity (Wildman–Crippen MR) is 119 cm³/mol. The Bertz CT molecular complexity index is 1170. The summed E-state index contributed by atoms with van der Waals surface area (Å²) in [6.07, 6.45) is 2.64. The maximum atomic E-state index is 12.7. The second kappa shape index (κ2) is 10.0. The lowest BCUT2D eigenvalue weighted by molar-refractivity contribution is -0.0316. The Labute approximate surface area is 195 Å². The van der Waals surface area contributed by atoms with Gasteiger partial charge in [-0.3, -0.25) is 14.4 Å². The van der Waals surface area contributed by atoms with Crippen molar-refractivity contribution < 1.29 is 27.1 Å². The number of amides is 1. The third-order valence-corrected chi connectivity index (χ3v) is 7.63. The fourth-order valence-electron chi connectivity index (χ4n) is 4.05. The van der Waals surface area contributed by atoms with Crippen molar-refractivity contribution in [2.45, 2.75) is 55.0 Å². The van der Waals surface area contributed by atoms with E-state index in [0.717, 1.165) is 12.1 Å². The molecule has 3 rings (SSSR count). The highest BCUT2D eigenvalue weighted by atomic mass is 32.2. The van der Waals surface area contributed by atoms with Crippen LogP contribution in [0.25, 0.3) is 0 Å². The van der Waals surface area contributed by atoms with Crippen LogP contribution in [0.1, 0.15) is 43.0 Å². The average Bonchev–Trinajstić information content (AvgIpc) is 3.24. The largest absolute Gasteiger partial charge is 0.377 e. The lowest BCUT2D eigenvalue weighted by Crippen LogP contribution is -2.49. The summed E-state index contributed by atoms with van der Waals surface area (Å²) < 4.78 is 50.4. The van der Waals surface area contributed by atoms with Crippen LogP contribution in [-0.4, -0.2) is 59.2 Å². The van der Waals surface area contributed by atoms with Crippen LogP contribution in [0, 0.1) is 11.3 Å². The number of halogens is 2. The first-order valence-electron chi connectivity index (χ1n) is 10.6. The third kappa shape index (κ3) is 5.03. The number of anilines is 2. The van der Waals surface area contributed by atoms with E-state index < -0.39 is 38.2 Å². The van der Waals surface area contributed by atoms with Crippen molar-refractivity contribution in [2.75, 3.05) is 18.4 Å². The van der Waals surface area contributed by atoms with Gasteiger partial charge in [-0.15, -0.1) is 0 Å². The van der Waals surface area contributed by atoms with Crippen molar-refractivity contribution in [1.29, 1.82) is 5.26 Å². The van der Waals surface area contributed by atoms with Gasteiger partial charge in [0, 0.05) is 25.0 Å². The maximum Gasteiger partial charge on any atom is 0.341 e. The Kier molecular flexibility index (Phi) is 7.54. The van der Waals surface area contributed by atoms with E-state index in [1.165, 1.54) is 12.1 Å². The van der Waals surface area contributed by atoms with Crippen molar-refractivity contribution in [3.8, 4) is 6.07 Å². The summed E-state index contributed by atoms with van der Waals surface area (Å²) in [5, 5.41) is 26.4. The molecule has 4 N–H and O–H groups in total. The minimum atomic E-state index is -4.72. The Balaban J connectivity index is 1.85. The monoisotopic (exact) mass is 496 g/mol. The predicted octanol–water partition coefficient (Wildman–Crippen LogP) is 2.16. The van der Waals surface area contributed by atoms with E-state index in [4.69, 9.17) is 11.0 Å². The normalized spacial score (nSPS) is 17.3. The molecule has 1 fully saturated rings. The van der Waals surface area contributed by atoms with Crippen molar-refractivity contribution in [3.05, 3.63) is 36.0 Å². The van der Waals surface area contributed by atoms with E-state index in [0.29, 0.717) is 38.0 Å². The fraction of sp³-hybridized carbons (Fsp3) is 0.476. The molecule has 0 bridgehead atoms. The van der Waals surface area contributed by atoms with Crippen LogP contribution in [0.15, 0.2) is 35.4 Å². The van der Waals surface area contributed by atoms with E-state index in [1.54, 1.807) is 10.9 Å². The fourth-order valence-corrected chi connectivity index (χ4v) is 4.77. The molecule has 1 aromatic heterocycles. The molecule has 1 aliphatic heterocycles. The van der Waals surface area contributed by atoms with Crippen LogP contribution < -0.4 is 11.1 Å².